The van der Waals surface area contributed by atoms with Crippen molar-refractivity contribution >= 4 is 11.9 Å². The summed E-state index contributed by atoms with van der Waals surface area (Å²) in [5, 5.41) is 8.22. The van der Waals surface area contributed by atoms with E-state index in [4.69, 9.17) is 0 Å². The summed E-state index contributed by atoms with van der Waals surface area (Å²) in [6.45, 7) is 0.369. The molecule has 0 aromatic heterocycles. The van der Waals surface area contributed by atoms with E-state index in [1.54, 1.807) is 0 Å². The zero-order valence-corrected chi connectivity index (χ0v) is 10.6. The molecule has 19 heavy (non-hydrogen) atoms. The maximum absolute atomic E-state index is 12.0. The summed E-state index contributed by atoms with van der Waals surface area (Å²) in [6, 6.07) is 7.81. The van der Waals surface area contributed by atoms with Crippen LogP contribution in [0.25, 0.3) is 0 Å². The predicted molar refractivity (Wildman–Crippen MR) is 70.7 cm³/mol. The number of carbonyl (C=O) groups is 2. The van der Waals surface area contributed by atoms with Crippen LogP contribution in [-0.2, 0) is 17.6 Å². The lowest BCUT2D eigenvalue weighted by Gasteiger charge is -2.26. The van der Waals surface area contributed by atoms with E-state index in [1.807, 2.05) is 6.07 Å². The Balaban J connectivity index is 1.60. The highest BCUT2D eigenvalue weighted by Gasteiger charge is 2.29. The van der Waals surface area contributed by atoms with Crippen molar-refractivity contribution in [2.75, 3.05) is 6.54 Å². The number of fused-ring (bicyclic) bond motifs is 1. The average Bonchev–Trinajstić information content (AvgIpc) is 2.85. The van der Waals surface area contributed by atoms with Crippen LogP contribution in [0.1, 0.15) is 17.5 Å². The fraction of sp³-hybridized carbons (Fsp3) is 0.429. The highest BCUT2D eigenvalue weighted by molar-refractivity contribution is 5.90. The van der Waals surface area contributed by atoms with Gasteiger partial charge in [-0.1, -0.05) is 24.3 Å². The van der Waals surface area contributed by atoms with Crippen LogP contribution in [0.3, 0.4) is 0 Å². The second-order valence-electron chi connectivity index (χ2n) is 5.12. The number of benzene rings is 1. The van der Waals surface area contributed by atoms with E-state index < -0.39 is 6.04 Å². The Morgan fingerprint density at radius 3 is 2.79 bits per heavy atom. The lowest BCUT2D eigenvalue weighted by Crippen LogP contribution is -2.48. The smallest absolute Gasteiger partial charge is 0.315 e. The molecule has 3 rings (SSSR count). The van der Waals surface area contributed by atoms with Gasteiger partial charge in [-0.3, -0.25) is 4.79 Å². The first-order chi connectivity index (χ1) is 9.22. The van der Waals surface area contributed by atoms with Crippen LogP contribution < -0.4 is 16.0 Å². The summed E-state index contributed by atoms with van der Waals surface area (Å²) in [6.07, 6.45) is 2.82. The molecule has 0 saturated carbocycles. The molecule has 1 aromatic rings. The van der Waals surface area contributed by atoms with Crippen LogP contribution in [0.5, 0.6) is 0 Å². The third-order valence-corrected chi connectivity index (χ3v) is 3.78. The van der Waals surface area contributed by atoms with Gasteiger partial charge in [-0.15, -0.1) is 0 Å². The molecule has 1 fully saturated rings. The first-order valence-corrected chi connectivity index (χ1v) is 6.64. The fourth-order valence-corrected chi connectivity index (χ4v) is 2.74. The number of nitrogens with one attached hydrogen (secondary N) is 3. The van der Waals surface area contributed by atoms with Crippen molar-refractivity contribution in [2.45, 2.75) is 31.3 Å². The van der Waals surface area contributed by atoms with E-state index in [-0.39, 0.29) is 18.0 Å². The molecule has 0 spiro atoms. The number of hydrogen-bond acceptors (Lipinski definition) is 2. The van der Waals surface area contributed by atoms with Gasteiger partial charge in [0.25, 0.3) is 0 Å². The minimum Gasteiger partial charge on any atom is -0.351 e. The molecule has 1 aliphatic heterocycles. The second-order valence-corrected chi connectivity index (χ2v) is 5.12. The van der Waals surface area contributed by atoms with Crippen molar-refractivity contribution in [3.63, 3.8) is 0 Å². The maximum Gasteiger partial charge on any atom is 0.315 e. The Kier molecular flexibility index (Phi) is 3.11. The topological polar surface area (TPSA) is 70.2 Å². The van der Waals surface area contributed by atoms with E-state index in [1.165, 1.54) is 11.1 Å². The van der Waals surface area contributed by atoms with Crippen LogP contribution >= 0.6 is 0 Å². The van der Waals surface area contributed by atoms with Gasteiger partial charge in [-0.05, 0) is 30.4 Å². The van der Waals surface area contributed by atoms with E-state index >= 15 is 0 Å². The molecule has 100 valence electrons. The molecule has 1 aliphatic carbocycles. The highest BCUT2D eigenvalue weighted by atomic mass is 16.2. The average molecular weight is 259 g/mol. The summed E-state index contributed by atoms with van der Waals surface area (Å²) in [7, 11) is 0. The quantitative estimate of drug-likeness (QED) is 0.717. The number of aryl methyl sites for hydroxylation is 1. The van der Waals surface area contributed by atoms with Crippen molar-refractivity contribution in [1.29, 1.82) is 0 Å². The zero-order valence-electron chi connectivity index (χ0n) is 10.6. The minimum absolute atomic E-state index is 0.0947. The van der Waals surface area contributed by atoms with Crippen molar-refractivity contribution < 1.29 is 9.59 Å². The first-order valence-electron chi connectivity index (χ1n) is 6.64. The number of urea groups is 1. The summed E-state index contributed by atoms with van der Waals surface area (Å²) < 4.78 is 0. The van der Waals surface area contributed by atoms with Gasteiger partial charge < -0.3 is 16.0 Å². The lowest BCUT2D eigenvalue weighted by atomic mass is 9.88. The standard InChI is InChI=1S/C14H17N3O2/c18-13(12-8-15-14(19)17-12)16-11-6-5-9-3-1-2-4-10(9)7-11/h1-4,11-12H,5-8H2,(H,16,18)(H2,15,17,19)/t11-,12-/m1/s1. The second kappa shape index (κ2) is 4.91. The van der Waals surface area contributed by atoms with Crippen LogP contribution in [0.15, 0.2) is 24.3 Å². The molecule has 1 saturated heterocycles. The SMILES string of the molecule is O=C1NC[C@H](C(=O)N[C@@H]2CCc3ccccc3C2)N1. The van der Waals surface area contributed by atoms with Crippen molar-refractivity contribution in [3.8, 4) is 0 Å². The molecule has 2 aliphatic rings. The Bertz CT molecular complexity index is 515. The Morgan fingerprint density at radius 1 is 1.26 bits per heavy atom. The molecule has 5 nitrogen and oxygen atoms in total. The summed E-state index contributed by atoms with van der Waals surface area (Å²) in [5.41, 5.74) is 2.69. The minimum atomic E-state index is -0.440. The Hall–Kier alpha value is -2.04. The van der Waals surface area contributed by atoms with Crippen LogP contribution in [0.4, 0.5) is 4.79 Å². The van der Waals surface area contributed by atoms with Crippen LogP contribution in [0.2, 0.25) is 0 Å². The Labute approximate surface area is 111 Å². The molecule has 0 bridgehead atoms. The van der Waals surface area contributed by atoms with Crippen LogP contribution in [0, 0.1) is 0 Å². The van der Waals surface area contributed by atoms with Crippen molar-refractivity contribution in [2.24, 2.45) is 0 Å². The molecule has 1 aromatic carbocycles. The third kappa shape index (κ3) is 2.54. The zero-order chi connectivity index (χ0) is 13.2. The monoisotopic (exact) mass is 259 g/mol. The van der Waals surface area contributed by atoms with Gasteiger partial charge in [0.15, 0.2) is 0 Å². The van der Waals surface area contributed by atoms with Crippen molar-refractivity contribution in [1.82, 2.24) is 16.0 Å². The molecule has 1 heterocycles. The summed E-state index contributed by atoms with van der Waals surface area (Å²) >= 11 is 0. The summed E-state index contributed by atoms with van der Waals surface area (Å²) in [5.74, 6) is -0.0947. The molecule has 3 N–H and O–H groups in total. The molecular formula is C14H17N3O2. The third-order valence-electron chi connectivity index (χ3n) is 3.78. The largest absolute Gasteiger partial charge is 0.351 e. The number of carbonyl (C=O) groups excluding carboxylic acids is 2. The summed E-state index contributed by atoms with van der Waals surface area (Å²) in [4.78, 5) is 23.0. The van der Waals surface area contributed by atoms with E-state index in [9.17, 15) is 9.59 Å². The predicted octanol–water partition coefficient (Wildman–Crippen LogP) is 0.341. The van der Waals surface area contributed by atoms with Gasteiger partial charge in [-0.25, -0.2) is 4.79 Å². The molecule has 3 amide bonds. The highest BCUT2D eigenvalue weighted by Crippen LogP contribution is 2.21. The number of rotatable bonds is 2. The number of hydrogen-bond donors (Lipinski definition) is 3. The van der Waals surface area contributed by atoms with Gasteiger partial charge in [0.1, 0.15) is 6.04 Å². The lowest BCUT2D eigenvalue weighted by molar-refractivity contribution is -0.123. The van der Waals surface area contributed by atoms with Gasteiger partial charge >= 0.3 is 6.03 Å². The van der Waals surface area contributed by atoms with Gasteiger partial charge in [0, 0.05) is 12.6 Å². The van der Waals surface area contributed by atoms with Gasteiger partial charge in [0.05, 0.1) is 0 Å². The molecule has 5 heteroatoms. The van der Waals surface area contributed by atoms with Crippen molar-refractivity contribution in [3.05, 3.63) is 35.4 Å². The molecule has 0 radical (unpaired) electrons. The van der Waals surface area contributed by atoms with Gasteiger partial charge in [0.2, 0.25) is 5.91 Å². The van der Waals surface area contributed by atoms with E-state index in [0.29, 0.717) is 6.54 Å². The van der Waals surface area contributed by atoms with Gasteiger partial charge in [-0.2, -0.15) is 0 Å². The normalized spacial score (nSPS) is 25.2. The first kappa shape index (κ1) is 12.0. The van der Waals surface area contributed by atoms with E-state index in [2.05, 4.69) is 34.1 Å². The molecular weight excluding hydrogens is 242 g/mol. The molecule has 2 atom stereocenters. The Morgan fingerprint density at radius 2 is 2.05 bits per heavy atom. The number of amides is 3. The molecule has 0 unspecified atom stereocenters. The van der Waals surface area contributed by atoms with E-state index in [0.717, 1.165) is 19.3 Å². The fourth-order valence-electron chi connectivity index (χ4n) is 2.74. The maximum atomic E-state index is 12.0. The van der Waals surface area contributed by atoms with Crippen LogP contribution in [-0.4, -0.2) is 30.6 Å².